The van der Waals surface area contributed by atoms with Crippen LogP contribution < -0.4 is 4.74 Å². The fraction of sp³-hybridized carbons (Fsp3) is 0.480. The molecule has 0 aromatic heterocycles. The van der Waals surface area contributed by atoms with Crippen molar-refractivity contribution < 1.29 is 36.2 Å². The van der Waals surface area contributed by atoms with Gasteiger partial charge in [-0.05, 0) is 43.5 Å². The van der Waals surface area contributed by atoms with E-state index in [1.807, 2.05) is 13.8 Å². The molecule has 0 amide bonds. The zero-order valence-electron chi connectivity index (χ0n) is 18.8. The third-order valence-electron chi connectivity index (χ3n) is 5.35. The van der Waals surface area contributed by atoms with Crippen molar-refractivity contribution >= 4 is 5.97 Å². The molecule has 0 radical (unpaired) electrons. The first-order chi connectivity index (χ1) is 15.7. The number of esters is 1. The third kappa shape index (κ3) is 7.72. The molecular weight excluding hydrogens is 443 g/mol. The molecule has 0 fully saturated rings. The highest BCUT2D eigenvalue weighted by Crippen LogP contribution is 2.33. The van der Waals surface area contributed by atoms with Gasteiger partial charge in [0.05, 0.1) is 24.7 Å². The molecule has 0 saturated heterocycles. The molecule has 0 aliphatic heterocycles. The number of ether oxygens (including phenoxy) is 2. The Morgan fingerprint density at radius 2 is 1.61 bits per heavy atom. The summed E-state index contributed by atoms with van der Waals surface area (Å²) in [5.74, 6) is -4.87. The Labute approximate surface area is 190 Å². The minimum Gasteiger partial charge on any atom is -0.494 e. The van der Waals surface area contributed by atoms with Crippen LogP contribution in [0, 0.1) is 17.6 Å². The molecule has 0 aliphatic carbocycles. The van der Waals surface area contributed by atoms with E-state index in [-0.39, 0.29) is 12.0 Å². The summed E-state index contributed by atoms with van der Waals surface area (Å²) < 4.78 is 78.9. The van der Waals surface area contributed by atoms with Gasteiger partial charge in [0.15, 0.2) is 11.6 Å². The standard InChI is InChI=1S/C25H29F5O3/c1-3-5-6-7-8-18(25(28,29)30)15-16-33-24(31)21-14-13-20(22(26)23(21)27)17-9-11-19(12-10-17)32-4-2/h9-14,18H,3-8,15-16H2,1-2H3. The second-order valence-electron chi connectivity index (χ2n) is 7.76. The monoisotopic (exact) mass is 472 g/mol. The summed E-state index contributed by atoms with van der Waals surface area (Å²) in [5, 5.41) is 0. The molecular formula is C25H29F5O3. The van der Waals surface area contributed by atoms with Gasteiger partial charge in [-0.2, -0.15) is 13.2 Å². The largest absolute Gasteiger partial charge is 0.494 e. The Bertz CT molecular complexity index is 894. The van der Waals surface area contributed by atoms with Crippen molar-refractivity contribution in [2.24, 2.45) is 5.92 Å². The molecule has 2 aromatic carbocycles. The molecule has 0 heterocycles. The van der Waals surface area contributed by atoms with E-state index in [9.17, 15) is 26.7 Å². The van der Waals surface area contributed by atoms with Crippen molar-refractivity contribution in [3.05, 3.63) is 53.6 Å². The Kier molecular flexibility index (Phi) is 10.1. The number of carbonyl (C=O) groups excluding carboxylic acids is 1. The lowest BCUT2D eigenvalue weighted by Crippen LogP contribution is -2.25. The second-order valence-corrected chi connectivity index (χ2v) is 7.76. The highest BCUT2D eigenvalue weighted by atomic mass is 19.4. The Morgan fingerprint density at radius 3 is 2.21 bits per heavy atom. The van der Waals surface area contributed by atoms with Crippen LogP contribution in [0.2, 0.25) is 0 Å². The van der Waals surface area contributed by atoms with Crippen molar-refractivity contribution in [2.45, 2.75) is 58.5 Å². The SMILES string of the molecule is CCCCCCC(CCOC(=O)c1ccc(-c2ccc(OCC)cc2)c(F)c1F)C(F)(F)F. The number of rotatable bonds is 12. The first kappa shape index (κ1) is 26.6. The molecule has 2 aromatic rings. The maximum absolute atomic E-state index is 14.6. The quantitative estimate of drug-likeness (QED) is 0.180. The van der Waals surface area contributed by atoms with Crippen LogP contribution in [0.25, 0.3) is 11.1 Å². The molecule has 1 atom stereocenters. The summed E-state index contributed by atoms with van der Waals surface area (Å²) in [6.45, 7) is 3.71. The van der Waals surface area contributed by atoms with E-state index in [4.69, 9.17) is 9.47 Å². The molecule has 0 N–H and O–H groups in total. The molecule has 0 saturated carbocycles. The summed E-state index contributed by atoms with van der Waals surface area (Å²) in [6.07, 6.45) is -1.98. The molecule has 1 unspecified atom stereocenters. The molecule has 8 heteroatoms. The third-order valence-corrected chi connectivity index (χ3v) is 5.35. The Hall–Kier alpha value is -2.64. The summed E-state index contributed by atoms with van der Waals surface area (Å²) in [4.78, 5) is 12.2. The zero-order chi connectivity index (χ0) is 24.4. The van der Waals surface area contributed by atoms with Gasteiger partial charge in [-0.1, -0.05) is 50.8 Å². The predicted molar refractivity (Wildman–Crippen MR) is 116 cm³/mol. The van der Waals surface area contributed by atoms with E-state index < -0.39 is 48.3 Å². The zero-order valence-corrected chi connectivity index (χ0v) is 18.8. The van der Waals surface area contributed by atoms with Crippen molar-refractivity contribution in [3.8, 4) is 16.9 Å². The molecule has 0 bridgehead atoms. The average Bonchev–Trinajstić information content (AvgIpc) is 2.77. The summed E-state index contributed by atoms with van der Waals surface area (Å²) in [5.41, 5.74) is -0.337. The normalized spacial score (nSPS) is 12.5. The lowest BCUT2D eigenvalue weighted by Gasteiger charge is -2.20. The van der Waals surface area contributed by atoms with Gasteiger partial charge < -0.3 is 9.47 Å². The Balaban J connectivity index is 2.02. The molecule has 2 rings (SSSR count). The number of alkyl halides is 3. The van der Waals surface area contributed by atoms with E-state index in [1.54, 1.807) is 24.3 Å². The lowest BCUT2D eigenvalue weighted by atomic mass is 9.97. The number of hydrogen-bond acceptors (Lipinski definition) is 3. The van der Waals surface area contributed by atoms with Crippen molar-refractivity contribution in [1.82, 2.24) is 0 Å². The molecule has 33 heavy (non-hydrogen) atoms. The number of hydrogen-bond donors (Lipinski definition) is 0. The van der Waals surface area contributed by atoms with Crippen LogP contribution in [0.4, 0.5) is 22.0 Å². The van der Waals surface area contributed by atoms with Gasteiger partial charge in [0.25, 0.3) is 0 Å². The fourth-order valence-electron chi connectivity index (χ4n) is 3.49. The van der Waals surface area contributed by atoms with Gasteiger partial charge in [0, 0.05) is 5.56 Å². The van der Waals surface area contributed by atoms with Gasteiger partial charge in [0.2, 0.25) is 0 Å². The smallest absolute Gasteiger partial charge is 0.391 e. The average molecular weight is 472 g/mol. The van der Waals surface area contributed by atoms with E-state index >= 15 is 0 Å². The maximum Gasteiger partial charge on any atom is 0.391 e. The minimum atomic E-state index is -4.41. The highest BCUT2D eigenvalue weighted by molar-refractivity contribution is 5.90. The van der Waals surface area contributed by atoms with E-state index in [1.165, 1.54) is 6.07 Å². The van der Waals surface area contributed by atoms with Crippen LogP contribution in [0.3, 0.4) is 0 Å². The minimum absolute atomic E-state index is 0.0547. The van der Waals surface area contributed by atoms with Gasteiger partial charge in [-0.15, -0.1) is 0 Å². The van der Waals surface area contributed by atoms with E-state index in [2.05, 4.69) is 0 Å². The van der Waals surface area contributed by atoms with Crippen molar-refractivity contribution in [1.29, 1.82) is 0 Å². The van der Waals surface area contributed by atoms with Crippen LogP contribution in [0.15, 0.2) is 36.4 Å². The highest BCUT2D eigenvalue weighted by Gasteiger charge is 2.38. The van der Waals surface area contributed by atoms with Crippen molar-refractivity contribution in [2.75, 3.05) is 13.2 Å². The second kappa shape index (κ2) is 12.6. The van der Waals surface area contributed by atoms with E-state index in [0.29, 0.717) is 30.8 Å². The molecule has 3 nitrogen and oxygen atoms in total. The van der Waals surface area contributed by atoms with Crippen LogP contribution in [-0.2, 0) is 4.74 Å². The number of halogens is 5. The van der Waals surface area contributed by atoms with Gasteiger partial charge >= 0.3 is 12.1 Å². The summed E-state index contributed by atoms with van der Waals surface area (Å²) in [7, 11) is 0. The fourth-order valence-corrected chi connectivity index (χ4v) is 3.49. The summed E-state index contributed by atoms with van der Waals surface area (Å²) in [6, 6.07) is 8.63. The van der Waals surface area contributed by atoms with Crippen LogP contribution in [0.5, 0.6) is 5.75 Å². The maximum atomic E-state index is 14.6. The van der Waals surface area contributed by atoms with Crippen LogP contribution in [-0.4, -0.2) is 25.4 Å². The van der Waals surface area contributed by atoms with Crippen molar-refractivity contribution in [3.63, 3.8) is 0 Å². The molecule has 182 valence electrons. The predicted octanol–water partition coefficient (Wildman–Crippen LogP) is 7.73. The van der Waals surface area contributed by atoms with Crippen LogP contribution in [0.1, 0.15) is 62.7 Å². The van der Waals surface area contributed by atoms with Gasteiger partial charge in [-0.25, -0.2) is 13.6 Å². The Morgan fingerprint density at radius 1 is 0.909 bits per heavy atom. The first-order valence-electron chi connectivity index (χ1n) is 11.1. The number of unbranched alkanes of at least 4 members (excludes halogenated alkanes) is 3. The summed E-state index contributed by atoms with van der Waals surface area (Å²) >= 11 is 0. The van der Waals surface area contributed by atoms with Gasteiger partial charge in [-0.3, -0.25) is 0 Å². The number of benzene rings is 2. The first-order valence-corrected chi connectivity index (χ1v) is 11.1. The van der Waals surface area contributed by atoms with Crippen LogP contribution >= 0.6 is 0 Å². The molecule has 0 spiro atoms. The lowest BCUT2D eigenvalue weighted by molar-refractivity contribution is -0.180. The topological polar surface area (TPSA) is 35.5 Å². The van der Waals surface area contributed by atoms with Gasteiger partial charge in [0.1, 0.15) is 5.75 Å². The number of carbonyl (C=O) groups is 1. The van der Waals surface area contributed by atoms with E-state index in [0.717, 1.165) is 18.9 Å². The molecule has 0 aliphatic rings.